The molecule has 1 heterocycles. The number of anilines is 1. The summed E-state index contributed by atoms with van der Waals surface area (Å²) in [6.07, 6.45) is 2.13. The van der Waals surface area contributed by atoms with E-state index >= 15 is 0 Å². The number of nitrogens with two attached hydrogens (primary N) is 1. The number of amides is 1. The summed E-state index contributed by atoms with van der Waals surface area (Å²) in [4.78, 5) is 39.5. The molecule has 0 aliphatic carbocycles. The Kier molecular flexibility index (Phi) is 11.0. The average Bonchev–Trinajstić information content (AvgIpc) is 2.83. The van der Waals surface area contributed by atoms with Crippen molar-refractivity contribution >= 4 is 47.9 Å². The minimum atomic E-state index is -1.12. The number of aromatic carboxylic acids is 1. The molecule has 6 N–H and O–H groups in total. The Morgan fingerprint density at radius 2 is 2.00 bits per heavy atom. The number of benzene rings is 1. The summed E-state index contributed by atoms with van der Waals surface area (Å²) in [5, 5.41) is 24.1. The maximum atomic E-state index is 12.3. The van der Waals surface area contributed by atoms with Gasteiger partial charge in [-0.1, -0.05) is 12.1 Å². The highest BCUT2D eigenvalue weighted by Crippen LogP contribution is 2.28. The van der Waals surface area contributed by atoms with Gasteiger partial charge in [-0.25, -0.2) is 14.6 Å². The van der Waals surface area contributed by atoms with Gasteiger partial charge >= 0.3 is 11.9 Å². The van der Waals surface area contributed by atoms with Gasteiger partial charge in [0.25, 0.3) is 5.91 Å². The lowest BCUT2D eigenvalue weighted by molar-refractivity contribution is -0.142. The fourth-order valence-corrected chi connectivity index (χ4v) is 3.43. The lowest BCUT2D eigenvalue weighted by Crippen LogP contribution is -2.43. The first-order chi connectivity index (χ1) is 16.2. The molecule has 0 saturated carbocycles. The second-order valence-electron chi connectivity index (χ2n) is 7.29. The van der Waals surface area contributed by atoms with Crippen molar-refractivity contribution in [2.24, 2.45) is 5.73 Å². The van der Waals surface area contributed by atoms with Crippen LogP contribution in [0.25, 0.3) is 11.3 Å². The summed E-state index contributed by atoms with van der Waals surface area (Å²) in [6.45, 7) is -0.0840. The number of carbonyl (C=O) groups is 3. The average molecular weight is 509 g/mol. The number of ether oxygens (including phenoxy) is 1. The molecule has 0 aliphatic rings. The second-order valence-corrected chi connectivity index (χ2v) is 8.64. The quantitative estimate of drug-likeness (QED) is 0.207. The fourth-order valence-electron chi connectivity index (χ4n) is 2.83. The molecule has 1 aromatic heterocycles. The predicted octanol–water partition coefficient (Wildman–Crippen LogP) is 1.82. The van der Waals surface area contributed by atoms with Gasteiger partial charge in [0.2, 0.25) is 5.88 Å². The molecule has 2 atom stereocenters. The number of nitrogens with one attached hydrogen (secondary N) is 2. The molecule has 0 radical (unpaired) electrons. The zero-order valence-electron chi connectivity index (χ0n) is 18.6. The molecule has 0 fully saturated rings. The van der Waals surface area contributed by atoms with E-state index in [1.807, 2.05) is 6.26 Å². The van der Waals surface area contributed by atoms with Crippen LogP contribution in [0.4, 0.5) is 5.69 Å². The number of carbonyl (C=O) groups excluding carboxylic acids is 1. The Bertz CT molecular complexity index is 1010. The summed E-state index contributed by atoms with van der Waals surface area (Å²) >= 11 is 5.64. The van der Waals surface area contributed by atoms with Gasteiger partial charge in [0.05, 0.1) is 16.9 Å². The van der Waals surface area contributed by atoms with E-state index in [-0.39, 0.29) is 23.9 Å². The van der Waals surface area contributed by atoms with Crippen LogP contribution in [-0.2, 0) is 9.59 Å². The molecule has 2 unspecified atom stereocenters. The van der Waals surface area contributed by atoms with E-state index in [1.165, 1.54) is 23.9 Å². The molecule has 0 spiro atoms. The molecular formula is C22H28N4O6S2. The lowest BCUT2D eigenvalue weighted by Gasteiger charge is -2.17. The van der Waals surface area contributed by atoms with E-state index in [9.17, 15) is 24.6 Å². The summed E-state index contributed by atoms with van der Waals surface area (Å²) < 4.78 is 5.63. The van der Waals surface area contributed by atoms with Crippen LogP contribution in [0.15, 0.2) is 36.4 Å². The summed E-state index contributed by atoms with van der Waals surface area (Å²) in [7, 11) is 0. The molecule has 2 aromatic rings. The number of pyridine rings is 1. The van der Waals surface area contributed by atoms with E-state index in [0.717, 1.165) is 0 Å². The number of aromatic nitrogens is 1. The normalized spacial score (nSPS) is 12.4. The molecule has 34 heavy (non-hydrogen) atoms. The zero-order chi connectivity index (χ0) is 25.1. The first kappa shape index (κ1) is 27.3. The SMILES string of the molecule is CSCCC(NC(=O)COc1nc(-c2cccc(C(=O)O)c2)ccc1NCC(N)CS)C(=O)O. The molecule has 0 saturated heterocycles. The monoisotopic (exact) mass is 508 g/mol. The van der Waals surface area contributed by atoms with Gasteiger partial charge in [-0.15, -0.1) is 0 Å². The van der Waals surface area contributed by atoms with Crippen molar-refractivity contribution in [1.82, 2.24) is 10.3 Å². The number of thioether (sulfide) groups is 1. The van der Waals surface area contributed by atoms with Crippen LogP contribution in [0.1, 0.15) is 16.8 Å². The minimum absolute atomic E-state index is 0.0933. The van der Waals surface area contributed by atoms with Gasteiger partial charge in [-0.3, -0.25) is 4.79 Å². The first-order valence-corrected chi connectivity index (χ1v) is 12.4. The van der Waals surface area contributed by atoms with Crippen molar-refractivity contribution in [3.8, 4) is 17.1 Å². The van der Waals surface area contributed by atoms with Crippen LogP contribution < -0.4 is 21.1 Å². The number of nitrogens with zero attached hydrogens (tertiary/aromatic N) is 1. The van der Waals surface area contributed by atoms with Crippen molar-refractivity contribution in [1.29, 1.82) is 0 Å². The van der Waals surface area contributed by atoms with Crippen molar-refractivity contribution in [2.45, 2.75) is 18.5 Å². The maximum absolute atomic E-state index is 12.3. The molecule has 12 heteroatoms. The maximum Gasteiger partial charge on any atom is 0.335 e. The Morgan fingerprint density at radius 1 is 1.24 bits per heavy atom. The Balaban J connectivity index is 2.23. The molecule has 1 amide bonds. The van der Waals surface area contributed by atoms with Gasteiger partial charge in [0.1, 0.15) is 6.04 Å². The molecule has 0 bridgehead atoms. The van der Waals surface area contributed by atoms with Crippen molar-refractivity contribution in [2.75, 3.05) is 36.2 Å². The van der Waals surface area contributed by atoms with Gasteiger partial charge < -0.3 is 31.3 Å². The fraction of sp³-hybridized carbons (Fsp3) is 0.364. The van der Waals surface area contributed by atoms with Crippen LogP contribution in [-0.4, -0.2) is 76.0 Å². The Labute approximate surface area is 207 Å². The van der Waals surface area contributed by atoms with Crippen LogP contribution in [0.5, 0.6) is 5.88 Å². The molecule has 10 nitrogen and oxygen atoms in total. The lowest BCUT2D eigenvalue weighted by atomic mass is 10.1. The number of hydrogen-bond donors (Lipinski definition) is 6. The van der Waals surface area contributed by atoms with Crippen LogP contribution >= 0.6 is 24.4 Å². The van der Waals surface area contributed by atoms with Gasteiger partial charge in [0, 0.05) is 23.9 Å². The summed E-state index contributed by atoms with van der Waals surface area (Å²) in [5.74, 6) is -1.67. The number of aliphatic carboxylic acids is 1. The second kappa shape index (κ2) is 13.7. The molecular weight excluding hydrogens is 480 g/mol. The zero-order valence-corrected chi connectivity index (χ0v) is 20.3. The van der Waals surface area contributed by atoms with Gasteiger partial charge in [-0.2, -0.15) is 24.4 Å². The molecule has 2 rings (SSSR count). The highest BCUT2D eigenvalue weighted by molar-refractivity contribution is 7.98. The van der Waals surface area contributed by atoms with E-state index in [1.54, 1.807) is 24.3 Å². The number of carboxylic acid groups (broad SMARTS) is 2. The highest BCUT2D eigenvalue weighted by Gasteiger charge is 2.20. The van der Waals surface area contributed by atoms with Gasteiger partial charge in [0.15, 0.2) is 6.61 Å². The third-order valence-electron chi connectivity index (χ3n) is 4.64. The third kappa shape index (κ3) is 8.43. The molecule has 184 valence electrons. The molecule has 0 aliphatic heterocycles. The van der Waals surface area contributed by atoms with E-state index in [4.69, 9.17) is 10.5 Å². The van der Waals surface area contributed by atoms with E-state index in [0.29, 0.717) is 35.0 Å². The smallest absolute Gasteiger partial charge is 0.335 e. The number of hydrogen-bond acceptors (Lipinski definition) is 9. The van der Waals surface area contributed by atoms with Gasteiger partial charge in [-0.05, 0) is 42.7 Å². The van der Waals surface area contributed by atoms with Crippen LogP contribution in [0.2, 0.25) is 0 Å². The minimum Gasteiger partial charge on any atom is -0.480 e. The van der Waals surface area contributed by atoms with Crippen molar-refractivity contribution in [3.05, 3.63) is 42.0 Å². The number of thiol groups is 1. The summed E-state index contributed by atoms with van der Waals surface area (Å²) in [6, 6.07) is 8.38. The molecule has 1 aromatic carbocycles. The number of carboxylic acids is 2. The largest absolute Gasteiger partial charge is 0.480 e. The van der Waals surface area contributed by atoms with Crippen molar-refractivity contribution < 1.29 is 29.3 Å². The number of rotatable bonds is 14. The Morgan fingerprint density at radius 3 is 2.65 bits per heavy atom. The van der Waals surface area contributed by atoms with Crippen LogP contribution in [0.3, 0.4) is 0 Å². The topological polar surface area (TPSA) is 164 Å². The standard InChI is InChI=1S/C22H28N4O6S2/c1-34-8-7-18(22(30)31)25-19(27)11-32-20-17(24-10-15(23)12-33)6-5-16(26-20)13-3-2-4-14(9-13)21(28)29/h2-6,9,15,18,24,33H,7-8,10-12,23H2,1H3,(H,25,27)(H,28,29)(H,30,31). The van der Waals surface area contributed by atoms with Crippen molar-refractivity contribution in [3.63, 3.8) is 0 Å². The summed E-state index contributed by atoms with van der Waals surface area (Å²) in [5.41, 5.74) is 7.47. The highest BCUT2D eigenvalue weighted by atomic mass is 32.2. The van der Waals surface area contributed by atoms with E-state index < -0.39 is 30.5 Å². The van der Waals surface area contributed by atoms with E-state index in [2.05, 4.69) is 28.2 Å². The predicted molar refractivity (Wildman–Crippen MR) is 135 cm³/mol. The Hall–Kier alpha value is -2.96. The van der Waals surface area contributed by atoms with Crippen LogP contribution in [0, 0.1) is 0 Å². The first-order valence-electron chi connectivity index (χ1n) is 10.3. The third-order valence-corrected chi connectivity index (χ3v) is 5.75.